The Kier molecular flexibility index (Phi) is 5.08. The highest BCUT2D eigenvalue weighted by molar-refractivity contribution is 9.10. The van der Waals surface area contributed by atoms with Gasteiger partial charge in [0.25, 0.3) is 5.91 Å². The van der Waals surface area contributed by atoms with Crippen molar-refractivity contribution in [2.75, 3.05) is 0 Å². The summed E-state index contributed by atoms with van der Waals surface area (Å²) in [7, 11) is 0. The third-order valence-corrected chi connectivity index (χ3v) is 4.02. The molecule has 2 aromatic carbocycles. The molecule has 0 aliphatic rings. The summed E-state index contributed by atoms with van der Waals surface area (Å²) < 4.78 is 0.940. The van der Waals surface area contributed by atoms with Gasteiger partial charge in [0.15, 0.2) is 0 Å². The monoisotopic (exact) mass is 402 g/mol. The molecule has 0 saturated carbocycles. The minimum atomic E-state index is -0.382. The lowest BCUT2D eigenvalue weighted by molar-refractivity contribution is 0.0950. The zero-order valence-electron chi connectivity index (χ0n) is 12.3. The number of aromatic amines is 1. The summed E-state index contributed by atoms with van der Waals surface area (Å²) in [6.45, 7) is 0. The summed E-state index contributed by atoms with van der Waals surface area (Å²) in [5.41, 5.74) is 4.98. The molecular weight excluding hydrogens is 392 g/mol. The van der Waals surface area contributed by atoms with E-state index in [4.69, 9.17) is 11.6 Å². The van der Waals surface area contributed by atoms with Crippen LogP contribution in [0, 0.1) is 0 Å². The van der Waals surface area contributed by atoms with Crippen molar-refractivity contribution in [1.82, 2.24) is 15.6 Å². The van der Waals surface area contributed by atoms with Gasteiger partial charge in [-0.05, 0) is 29.8 Å². The van der Waals surface area contributed by atoms with Crippen LogP contribution < -0.4 is 5.43 Å². The SMILES string of the molecule is O=C(N/N=C/c1cccc(Br)c1)c1cc(-c2ccccc2Cl)n[nH]1. The van der Waals surface area contributed by atoms with E-state index in [2.05, 4.69) is 36.7 Å². The van der Waals surface area contributed by atoms with E-state index in [1.807, 2.05) is 42.5 Å². The fourth-order valence-corrected chi connectivity index (χ4v) is 2.71. The van der Waals surface area contributed by atoms with Crippen molar-refractivity contribution >= 4 is 39.7 Å². The first-order valence-corrected chi connectivity index (χ1v) is 8.20. The van der Waals surface area contributed by atoms with Crippen LogP contribution in [-0.2, 0) is 0 Å². The van der Waals surface area contributed by atoms with Gasteiger partial charge in [-0.1, -0.05) is 57.9 Å². The van der Waals surface area contributed by atoms with Gasteiger partial charge in [-0.25, -0.2) is 5.43 Å². The molecule has 3 aromatic rings. The second kappa shape index (κ2) is 7.42. The van der Waals surface area contributed by atoms with Crippen molar-refractivity contribution in [2.45, 2.75) is 0 Å². The Morgan fingerprint density at radius 1 is 1.21 bits per heavy atom. The number of hydrogen-bond donors (Lipinski definition) is 2. The number of aromatic nitrogens is 2. The topological polar surface area (TPSA) is 70.1 Å². The highest BCUT2D eigenvalue weighted by Gasteiger charge is 2.12. The van der Waals surface area contributed by atoms with E-state index in [0.717, 1.165) is 15.6 Å². The van der Waals surface area contributed by atoms with Crippen LogP contribution in [0.3, 0.4) is 0 Å². The Morgan fingerprint density at radius 3 is 2.83 bits per heavy atom. The number of nitrogens with zero attached hydrogens (tertiary/aromatic N) is 2. The second-order valence-corrected chi connectivity index (χ2v) is 6.22. The molecule has 0 radical (unpaired) electrons. The summed E-state index contributed by atoms with van der Waals surface area (Å²) in [5.74, 6) is -0.382. The van der Waals surface area contributed by atoms with Crippen LogP contribution in [-0.4, -0.2) is 22.3 Å². The number of nitrogens with one attached hydrogen (secondary N) is 2. The lowest BCUT2D eigenvalue weighted by atomic mass is 10.1. The summed E-state index contributed by atoms with van der Waals surface area (Å²) in [6.07, 6.45) is 1.56. The molecule has 1 heterocycles. The maximum absolute atomic E-state index is 12.1. The van der Waals surface area contributed by atoms with E-state index >= 15 is 0 Å². The Morgan fingerprint density at radius 2 is 2.04 bits per heavy atom. The number of amides is 1. The first-order valence-electron chi connectivity index (χ1n) is 7.03. The van der Waals surface area contributed by atoms with E-state index in [-0.39, 0.29) is 5.91 Å². The molecule has 5 nitrogen and oxygen atoms in total. The minimum absolute atomic E-state index is 0.302. The predicted molar refractivity (Wildman–Crippen MR) is 98.2 cm³/mol. The van der Waals surface area contributed by atoms with Crippen LogP contribution in [0.25, 0.3) is 11.3 Å². The zero-order chi connectivity index (χ0) is 16.9. The molecule has 3 rings (SSSR count). The molecule has 1 amide bonds. The Balaban J connectivity index is 1.69. The zero-order valence-corrected chi connectivity index (χ0v) is 14.7. The lowest BCUT2D eigenvalue weighted by Crippen LogP contribution is -2.17. The maximum atomic E-state index is 12.1. The molecule has 0 aliphatic carbocycles. The molecule has 0 saturated heterocycles. The minimum Gasteiger partial charge on any atom is -0.272 e. The molecule has 0 fully saturated rings. The van der Waals surface area contributed by atoms with Gasteiger partial charge in [0.05, 0.1) is 16.9 Å². The fraction of sp³-hybridized carbons (Fsp3) is 0. The van der Waals surface area contributed by atoms with Crippen molar-refractivity contribution in [3.05, 3.63) is 75.4 Å². The number of rotatable bonds is 4. The summed E-state index contributed by atoms with van der Waals surface area (Å²) in [6, 6.07) is 16.5. The molecular formula is C17H12BrClN4O. The average molecular weight is 404 g/mol. The molecule has 0 spiro atoms. The lowest BCUT2D eigenvalue weighted by Gasteiger charge is -1.98. The van der Waals surface area contributed by atoms with Crippen molar-refractivity contribution in [2.24, 2.45) is 5.10 Å². The summed E-state index contributed by atoms with van der Waals surface area (Å²) in [5, 5.41) is 11.3. The smallest absolute Gasteiger partial charge is 0.272 e. The molecule has 0 aliphatic heterocycles. The largest absolute Gasteiger partial charge is 0.289 e. The number of carbonyl (C=O) groups is 1. The van der Waals surface area contributed by atoms with Crippen LogP contribution in [0.1, 0.15) is 16.1 Å². The summed E-state index contributed by atoms with van der Waals surface area (Å²) in [4.78, 5) is 12.1. The van der Waals surface area contributed by atoms with Gasteiger partial charge in [0, 0.05) is 10.0 Å². The first kappa shape index (κ1) is 16.4. The van der Waals surface area contributed by atoms with Gasteiger partial charge >= 0.3 is 0 Å². The van der Waals surface area contributed by atoms with Crippen molar-refractivity contribution in [3.63, 3.8) is 0 Å². The van der Waals surface area contributed by atoms with E-state index < -0.39 is 0 Å². The highest BCUT2D eigenvalue weighted by atomic mass is 79.9. The van der Waals surface area contributed by atoms with E-state index in [1.165, 1.54) is 0 Å². The number of hydrazone groups is 1. The van der Waals surface area contributed by atoms with Gasteiger partial charge in [0.2, 0.25) is 0 Å². The molecule has 24 heavy (non-hydrogen) atoms. The van der Waals surface area contributed by atoms with Crippen LogP contribution in [0.15, 0.2) is 64.2 Å². The van der Waals surface area contributed by atoms with Gasteiger partial charge in [-0.15, -0.1) is 0 Å². The van der Waals surface area contributed by atoms with Crippen LogP contribution in [0.4, 0.5) is 0 Å². The fourth-order valence-electron chi connectivity index (χ4n) is 2.06. The number of carbonyl (C=O) groups excluding carboxylic acids is 1. The quantitative estimate of drug-likeness (QED) is 0.505. The van der Waals surface area contributed by atoms with Crippen molar-refractivity contribution in [1.29, 1.82) is 0 Å². The van der Waals surface area contributed by atoms with Crippen LogP contribution in [0.2, 0.25) is 5.02 Å². The molecule has 0 bridgehead atoms. The maximum Gasteiger partial charge on any atom is 0.289 e. The normalized spacial score (nSPS) is 10.9. The van der Waals surface area contributed by atoms with Crippen LogP contribution >= 0.6 is 27.5 Å². The van der Waals surface area contributed by atoms with Gasteiger partial charge in [0.1, 0.15) is 5.69 Å². The average Bonchev–Trinajstić information content (AvgIpc) is 3.05. The molecule has 120 valence electrons. The van der Waals surface area contributed by atoms with Gasteiger partial charge in [-0.2, -0.15) is 10.2 Å². The predicted octanol–water partition coefficient (Wildman–Crippen LogP) is 4.26. The summed E-state index contributed by atoms with van der Waals surface area (Å²) >= 11 is 9.51. The number of hydrogen-bond acceptors (Lipinski definition) is 3. The van der Waals surface area contributed by atoms with E-state index in [0.29, 0.717) is 16.4 Å². The van der Waals surface area contributed by atoms with Crippen molar-refractivity contribution < 1.29 is 4.79 Å². The van der Waals surface area contributed by atoms with E-state index in [1.54, 1.807) is 18.3 Å². The van der Waals surface area contributed by atoms with Crippen molar-refractivity contribution in [3.8, 4) is 11.3 Å². The first-order chi connectivity index (χ1) is 11.6. The Hall–Kier alpha value is -2.44. The third kappa shape index (κ3) is 3.90. The molecule has 1 aromatic heterocycles. The Labute approximate surface area is 151 Å². The Bertz CT molecular complexity index is 907. The number of halogens is 2. The molecule has 0 unspecified atom stereocenters. The standard InChI is InChI=1S/C17H12BrClN4O/c18-12-5-3-4-11(8-12)10-20-23-17(24)16-9-15(21-22-16)13-6-1-2-7-14(13)19/h1-10H,(H,21,22)(H,23,24)/b20-10+. The molecule has 7 heteroatoms. The third-order valence-electron chi connectivity index (χ3n) is 3.20. The van der Waals surface area contributed by atoms with Crippen LogP contribution in [0.5, 0.6) is 0 Å². The molecule has 2 N–H and O–H groups in total. The number of benzene rings is 2. The molecule has 0 atom stereocenters. The number of H-pyrrole nitrogens is 1. The second-order valence-electron chi connectivity index (χ2n) is 4.90. The van der Waals surface area contributed by atoms with Gasteiger partial charge < -0.3 is 0 Å². The van der Waals surface area contributed by atoms with Gasteiger partial charge in [-0.3, -0.25) is 9.89 Å². The highest BCUT2D eigenvalue weighted by Crippen LogP contribution is 2.26. The van der Waals surface area contributed by atoms with E-state index in [9.17, 15) is 4.79 Å².